The fourth-order valence-electron chi connectivity index (χ4n) is 3.09. The molecule has 1 saturated carbocycles. The summed E-state index contributed by atoms with van der Waals surface area (Å²) >= 11 is 0. The highest BCUT2D eigenvalue weighted by Gasteiger charge is 2.22. The van der Waals surface area contributed by atoms with Crippen molar-refractivity contribution in [1.82, 2.24) is 5.32 Å². The van der Waals surface area contributed by atoms with Crippen LogP contribution in [0.4, 0.5) is 0 Å². The summed E-state index contributed by atoms with van der Waals surface area (Å²) in [7, 11) is 3.34. The largest absolute Gasteiger partial charge is 0.493 e. The third-order valence-corrected chi connectivity index (χ3v) is 4.43. The quantitative estimate of drug-likeness (QED) is 0.846. The highest BCUT2D eigenvalue weighted by Crippen LogP contribution is 2.31. The van der Waals surface area contributed by atoms with Crippen molar-refractivity contribution < 1.29 is 9.47 Å². The van der Waals surface area contributed by atoms with Gasteiger partial charge in [0, 0.05) is 18.1 Å². The van der Waals surface area contributed by atoms with Gasteiger partial charge in [-0.3, -0.25) is 0 Å². The molecule has 0 saturated heterocycles. The van der Waals surface area contributed by atoms with E-state index < -0.39 is 0 Å². The van der Waals surface area contributed by atoms with Crippen molar-refractivity contribution in [3.8, 4) is 11.5 Å². The second-order valence-electron chi connectivity index (χ2n) is 5.85. The van der Waals surface area contributed by atoms with Crippen LogP contribution in [-0.2, 0) is 0 Å². The summed E-state index contributed by atoms with van der Waals surface area (Å²) in [6, 6.07) is 7.50. The van der Waals surface area contributed by atoms with Crippen molar-refractivity contribution in [2.45, 2.75) is 57.2 Å². The average Bonchev–Trinajstić information content (AvgIpc) is 2.53. The van der Waals surface area contributed by atoms with Gasteiger partial charge in [-0.1, -0.05) is 13.0 Å². The normalized spacial score (nSPS) is 23.6. The third-order valence-electron chi connectivity index (χ3n) is 4.43. The van der Waals surface area contributed by atoms with E-state index in [4.69, 9.17) is 15.2 Å². The molecular weight excluding hydrogens is 264 g/mol. The van der Waals surface area contributed by atoms with Crippen molar-refractivity contribution in [2.24, 2.45) is 5.73 Å². The van der Waals surface area contributed by atoms with E-state index in [1.165, 1.54) is 18.4 Å². The van der Waals surface area contributed by atoms with Gasteiger partial charge in [0.05, 0.1) is 14.2 Å². The van der Waals surface area contributed by atoms with E-state index >= 15 is 0 Å². The van der Waals surface area contributed by atoms with Crippen LogP contribution >= 0.6 is 0 Å². The van der Waals surface area contributed by atoms with Crippen molar-refractivity contribution in [1.29, 1.82) is 0 Å². The zero-order valence-electron chi connectivity index (χ0n) is 13.4. The maximum absolute atomic E-state index is 5.98. The number of hydrogen-bond donors (Lipinski definition) is 2. The summed E-state index contributed by atoms with van der Waals surface area (Å²) in [4.78, 5) is 0. The monoisotopic (exact) mass is 292 g/mol. The van der Waals surface area contributed by atoms with E-state index in [1.807, 2.05) is 6.07 Å². The van der Waals surface area contributed by atoms with Crippen LogP contribution < -0.4 is 20.5 Å². The Kier molecular flexibility index (Phi) is 5.88. The van der Waals surface area contributed by atoms with Crippen molar-refractivity contribution >= 4 is 0 Å². The van der Waals surface area contributed by atoms with Crippen LogP contribution in [0.25, 0.3) is 0 Å². The number of rotatable bonds is 6. The summed E-state index contributed by atoms with van der Waals surface area (Å²) in [5.74, 6) is 1.57. The predicted octanol–water partition coefficient (Wildman–Crippen LogP) is 3.01. The van der Waals surface area contributed by atoms with Gasteiger partial charge in [0.15, 0.2) is 11.5 Å². The van der Waals surface area contributed by atoms with Gasteiger partial charge in [0.25, 0.3) is 0 Å². The van der Waals surface area contributed by atoms with Crippen LogP contribution in [0.15, 0.2) is 18.2 Å². The molecular formula is C17H28N2O2. The SMILES string of the molecule is CCC(NC1CCC(N)CC1)c1ccc(OC)c(OC)c1. The van der Waals surface area contributed by atoms with E-state index in [1.54, 1.807) is 14.2 Å². The molecule has 1 atom stereocenters. The Morgan fingerprint density at radius 3 is 2.38 bits per heavy atom. The minimum absolute atomic E-state index is 0.351. The lowest BCUT2D eigenvalue weighted by Crippen LogP contribution is -2.39. The standard InChI is InChI=1S/C17H28N2O2/c1-4-15(19-14-8-6-13(18)7-9-14)12-5-10-16(20-2)17(11-12)21-3/h5,10-11,13-15,19H,4,6-9,18H2,1-3H3. The first kappa shape index (κ1) is 16.1. The van der Waals surface area contributed by atoms with Gasteiger partial charge in [-0.05, 0) is 49.8 Å². The first-order valence-corrected chi connectivity index (χ1v) is 7.91. The molecule has 1 aliphatic carbocycles. The Balaban J connectivity index is 2.06. The lowest BCUT2D eigenvalue weighted by atomic mass is 9.90. The molecule has 1 aromatic carbocycles. The van der Waals surface area contributed by atoms with Crippen LogP contribution in [-0.4, -0.2) is 26.3 Å². The molecule has 0 aliphatic heterocycles. The number of methoxy groups -OCH3 is 2. The average molecular weight is 292 g/mol. The summed E-state index contributed by atoms with van der Waals surface area (Å²) in [6.45, 7) is 2.21. The maximum Gasteiger partial charge on any atom is 0.161 e. The van der Waals surface area contributed by atoms with E-state index in [2.05, 4.69) is 24.4 Å². The highest BCUT2D eigenvalue weighted by atomic mass is 16.5. The van der Waals surface area contributed by atoms with Crippen molar-refractivity contribution in [2.75, 3.05) is 14.2 Å². The van der Waals surface area contributed by atoms with Crippen molar-refractivity contribution in [3.63, 3.8) is 0 Å². The Morgan fingerprint density at radius 2 is 1.81 bits per heavy atom. The van der Waals surface area contributed by atoms with Crippen LogP contribution in [0.2, 0.25) is 0 Å². The minimum Gasteiger partial charge on any atom is -0.493 e. The third kappa shape index (κ3) is 4.11. The molecule has 1 fully saturated rings. The Hall–Kier alpha value is -1.26. The van der Waals surface area contributed by atoms with Crippen LogP contribution in [0.3, 0.4) is 0 Å². The van der Waals surface area contributed by atoms with E-state index in [9.17, 15) is 0 Å². The Labute approximate surface area is 128 Å². The number of nitrogens with two attached hydrogens (primary N) is 1. The van der Waals surface area contributed by atoms with E-state index in [-0.39, 0.29) is 0 Å². The smallest absolute Gasteiger partial charge is 0.161 e. The molecule has 0 aromatic heterocycles. The van der Waals surface area contributed by atoms with Gasteiger partial charge in [-0.15, -0.1) is 0 Å². The number of nitrogens with one attached hydrogen (secondary N) is 1. The molecule has 4 heteroatoms. The Bertz CT molecular complexity index is 442. The summed E-state index contributed by atoms with van der Waals surface area (Å²) in [5, 5.41) is 3.78. The van der Waals surface area contributed by atoms with Gasteiger partial charge in [0.2, 0.25) is 0 Å². The molecule has 3 N–H and O–H groups in total. The molecule has 1 aromatic rings. The summed E-state index contributed by atoms with van der Waals surface area (Å²) in [6.07, 6.45) is 5.65. The van der Waals surface area contributed by atoms with Gasteiger partial charge in [0.1, 0.15) is 0 Å². The molecule has 21 heavy (non-hydrogen) atoms. The predicted molar refractivity (Wildman–Crippen MR) is 85.9 cm³/mol. The number of ether oxygens (including phenoxy) is 2. The first-order valence-electron chi connectivity index (χ1n) is 7.91. The van der Waals surface area contributed by atoms with Gasteiger partial charge in [-0.25, -0.2) is 0 Å². The van der Waals surface area contributed by atoms with Crippen molar-refractivity contribution in [3.05, 3.63) is 23.8 Å². The fraction of sp³-hybridized carbons (Fsp3) is 0.647. The molecule has 118 valence electrons. The van der Waals surface area contributed by atoms with E-state index in [0.717, 1.165) is 30.8 Å². The molecule has 1 aliphatic rings. The maximum atomic E-state index is 5.98. The molecule has 0 heterocycles. The lowest BCUT2D eigenvalue weighted by Gasteiger charge is -2.31. The molecule has 0 spiro atoms. The molecule has 0 amide bonds. The Morgan fingerprint density at radius 1 is 1.14 bits per heavy atom. The zero-order chi connectivity index (χ0) is 15.2. The fourth-order valence-corrected chi connectivity index (χ4v) is 3.09. The summed E-state index contributed by atoms with van der Waals surface area (Å²) in [5.41, 5.74) is 7.24. The minimum atomic E-state index is 0.351. The number of benzene rings is 1. The van der Waals surface area contributed by atoms with Gasteiger partial charge in [-0.2, -0.15) is 0 Å². The molecule has 2 rings (SSSR count). The topological polar surface area (TPSA) is 56.5 Å². The molecule has 1 unspecified atom stereocenters. The highest BCUT2D eigenvalue weighted by molar-refractivity contribution is 5.43. The first-order chi connectivity index (χ1) is 10.2. The second-order valence-corrected chi connectivity index (χ2v) is 5.85. The zero-order valence-corrected chi connectivity index (χ0v) is 13.4. The van der Waals surface area contributed by atoms with Crippen LogP contribution in [0, 0.1) is 0 Å². The van der Waals surface area contributed by atoms with Gasteiger partial charge >= 0.3 is 0 Å². The van der Waals surface area contributed by atoms with Crippen LogP contribution in [0.5, 0.6) is 11.5 Å². The second kappa shape index (κ2) is 7.66. The molecule has 4 nitrogen and oxygen atoms in total. The van der Waals surface area contributed by atoms with Gasteiger partial charge < -0.3 is 20.5 Å². The lowest BCUT2D eigenvalue weighted by molar-refractivity contribution is 0.311. The van der Waals surface area contributed by atoms with Crippen LogP contribution in [0.1, 0.15) is 50.6 Å². The number of hydrogen-bond acceptors (Lipinski definition) is 4. The van der Waals surface area contributed by atoms with E-state index in [0.29, 0.717) is 18.1 Å². The molecule has 0 radical (unpaired) electrons. The molecule has 0 bridgehead atoms. The summed E-state index contributed by atoms with van der Waals surface area (Å²) < 4.78 is 10.7.